The van der Waals surface area contributed by atoms with E-state index in [1.165, 1.54) is 11.8 Å². The summed E-state index contributed by atoms with van der Waals surface area (Å²) in [7, 11) is 0. The number of thiophene rings is 1. The molecule has 1 atom stereocenters. The predicted molar refractivity (Wildman–Crippen MR) is 124 cm³/mol. The number of unbranched alkanes of at least 4 members (excludes halogenated alkanes) is 1. The SMILES string of the molecule is CCCCn1c(SC(C(=O)NC2CC2)c2ccccc2)nc2sc(C)c(C)c2c1=O. The van der Waals surface area contributed by atoms with Gasteiger partial charge in [0.2, 0.25) is 5.91 Å². The molecule has 1 unspecified atom stereocenters. The molecule has 5 nitrogen and oxygen atoms in total. The molecule has 1 N–H and O–H groups in total. The number of aryl methyl sites for hydroxylation is 2. The Bertz CT molecular complexity index is 1120. The second-order valence-electron chi connectivity index (χ2n) is 7.86. The third-order valence-corrected chi connectivity index (χ3v) is 7.82. The average molecular weight is 442 g/mol. The van der Waals surface area contributed by atoms with Crippen LogP contribution in [0.15, 0.2) is 40.3 Å². The van der Waals surface area contributed by atoms with Gasteiger partial charge in [-0.25, -0.2) is 4.98 Å². The fourth-order valence-corrected chi connectivity index (χ4v) is 5.62. The summed E-state index contributed by atoms with van der Waals surface area (Å²) in [6, 6.07) is 10.1. The van der Waals surface area contributed by atoms with E-state index in [0.29, 0.717) is 11.7 Å². The minimum atomic E-state index is -0.439. The number of fused-ring (bicyclic) bond motifs is 1. The molecule has 0 bridgehead atoms. The molecule has 1 aliphatic carbocycles. The molecule has 3 aromatic rings. The van der Waals surface area contributed by atoms with Crippen molar-refractivity contribution in [3.63, 3.8) is 0 Å². The lowest BCUT2D eigenvalue weighted by atomic mass is 10.1. The summed E-state index contributed by atoms with van der Waals surface area (Å²) in [5.74, 6) is -0.0105. The number of carbonyl (C=O) groups excluding carboxylic acids is 1. The first kappa shape index (κ1) is 21.1. The van der Waals surface area contributed by atoms with E-state index in [9.17, 15) is 9.59 Å². The van der Waals surface area contributed by atoms with Crippen LogP contribution in [-0.4, -0.2) is 21.5 Å². The van der Waals surface area contributed by atoms with Gasteiger partial charge in [-0.05, 0) is 44.2 Å². The van der Waals surface area contributed by atoms with Crippen LogP contribution < -0.4 is 10.9 Å². The third kappa shape index (κ3) is 4.32. The smallest absolute Gasteiger partial charge is 0.263 e. The van der Waals surface area contributed by atoms with E-state index in [1.54, 1.807) is 15.9 Å². The summed E-state index contributed by atoms with van der Waals surface area (Å²) in [6.45, 7) is 6.74. The van der Waals surface area contributed by atoms with Crippen LogP contribution in [0, 0.1) is 13.8 Å². The van der Waals surface area contributed by atoms with E-state index in [4.69, 9.17) is 4.98 Å². The number of nitrogens with one attached hydrogen (secondary N) is 1. The molecule has 0 radical (unpaired) electrons. The zero-order valence-corrected chi connectivity index (χ0v) is 19.2. The van der Waals surface area contributed by atoms with Crippen LogP contribution in [0.3, 0.4) is 0 Å². The molecule has 1 aliphatic rings. The Labute approximate surface area is 184 Å². The van der Waals surface area contributed by atoms with Gasteiger partial charge in [-0.15, -0.1) is 11.3 Å². The molecular weight excluding hydrogens is 414 g/mol. The third-order valence-electron chi connectivity index (χ3n) is 5.48. The van der Waals surface area contributed by atoms with Gasteiger partial charge >= 0.3 is 0 Å². The van der Waals surface area contributed by atoms with E-state index in [-0.39, 0.29) is 17.5 Å². The van der Waals surface area contributed by atoms with Crippen LogP contribution in [0.5, 0.6) is 0 Å². The van der Waals surface area contributed by atoms with Crippen LogP contribution >= 0.6 is 23.1 Å². The first-order chi connectivity index (χ1) is 14.5. The number of hydrogen-bond donors (Lipinski definition) is 1. The Morgan fingerprint density at radius 1 is 1.30 bits per heavy atom. The summed E-state index contributed by atoms with van der Waals surface area (Å²) in [4.78, 5) is 33.2. The monoisotopic (exact) mass is 441 g/mol. The normalized spacial score (nSPS) is 14.8. The van der Waals surface area contributed by atoms with Gasteiger partial charge in [0.15, 0.2) is 5.16 Å². The van der Waals surface area contributed by atoms with Crippen molar-refractivity contribution < 1.29 is 4.79 Å². The quantitative estimate of drug-likeness (QED) is 0.395. The minimum absolute atomic E-state index is 0.00668. The largest absolute Gasteiger partial charge is 0.352 e. The maximum atomic E-state index is 13.4. The lowest BCUT2D eigenvalue weighted by Gasteiger charge is -2.19. The van der Waals surface area contributed by atoms with Gasteiger partial charge in [0, 0.05) is 17.5 Å². The second-order valence-corrected chi connectivity index (χ2v) is 10.1. The zero-order valence-electron chi connectivity index (χ0n) is 17.6. The Morgan fingerprint density at radius 2 is 2.03 bits per heavy atom. The van der Waals surface area contributed by atoms with Crippen molar-refractivity contribution in [1.29, 1.82) is 0 Å². The van der Waals surface area contributed by atoms with Crippen LogP contribution in [0.25, 0.3) is 10.2 Å². The fourth-order valence-electron chi connectivity index (χ4n) is 3.42. The Balaban J connectivity index is 1.78. The number of amides is 1. The van der Waals surface area contributed by atoms with E-state index >= 15 is 0 Å². The van der Waals surface area contributed by atoms with E-state index in [0.717, 1.165) is 51.9 Å². The van der Waals surface area contributed by atoms with Crippen molar-refractivity contribution >= 4 is 39.2 Å². The zero-order chi connectivity index (χ0) is 21.3. The number of hydrogen-bond acceptors (Lipinski definition) is 5. The lowest BCUT2D eigenvalue weighted by molar-refractivity contribution is -0.120. The molecule has 2 aromatic heterocycles. The lowest BCUT2D eigenvalue weighted by Crippen LogP contribution is -2.31. The number of nitrogens with zero attached hydrogens (tertiary/aromatic N) is 2. The van der Waals surface area contributed by atoms with Crippen LogP contribution in [0.1, 0.15) is 53.9 Å². The van der Waals surface area contributed by atoms with E-state index in [2.05, 4.69) is 12.2 Å². The van der Waals surface area contributed by atoms with Crippen molar-refractivity contribution in [2.24, 2.45) is 0 Å². The molecule has 0 spiro atoms. The summed E-state index contributed by atoms with van der Waals surface area (Å²) in [5, 5.41) is 4.04. The highest BCUT2D eigenvalue weighted by Crippen LogP contribution is 2.37. The first-order valence-electron chi connectivity index (χ1n) is 10.5. The van der Waals surface area contributed by atoms with E-state index in [1.807, 2.05) is 44.2 Å². The van der Waals surface area contributed by atoms with Crippen LogP contribution in [0.2, 0.25) is 0 Å². The van der Waals surface area contributed by atoms with E-state index < -0.39 is 5.25 Å². The van der Waals surface area contributed by atoms with Gasteiger partial charge in [-0.2, -0.15) is 0 Å². The van der Waals surface area contributed by atoms with Crippen molar-refractivity contribution in [2.75, 3.05) is 0 Å². The Hall–Kier alpha value is -2.12. The van der Waals surface area contributed by atoms with Crippen molar-refractivity contribution in [2.45, 2.75) is 69.4 Å². The Kier molecular flexibility index (Phi) is 6.29. The molecule has 0 saturated heterocycles. The maximum absolute atomic E-state index is 13.4. The second kappa shape index (κ2) is 8.94. The summed E-state index contributed by atoms with van der Waals surface area (Å²) in [5.41, 5.74) is 1.95. The summed E-state index contributed by atoms with van der Waals surface area (Å²) in [6.07, 6.45) is 3.96. The number of rotatable bonds is 8. The molecular formula is C23H27N3O2S2. The highest BCUT2D eigenvalue weighted by molar-refractivity contribution is 8.00. The maximum Gasteiger partial charge on any atom is 0.263 e. The molecule has 158 valence electrons. The minimum Gasteiger partial charge on any atom is -0.352 e. The number of benzene rings is 1. The standard InChI is InChI=1S/C23H27N3O2S2/c1-4-5-13-26-22(28)18-14(2)15(3)29-21(18)25-23(26)30-19(16-9-7-6-8-10-16)20(27)24-17-11-12-17/h6-10,17,19H,4-5,11-13H2,1-3H3,(H,24,27). The molecule has 1 saturated carbocycles. The highest BCUT2D eigenvalue weighted by atomic mass is 32.2. The summed E-state index contributed by atoms with van der Waals surface area (Å²) < 4.78 is 1.77. The molecule has 1 amide bonds. The molecule has 7 heteroatoms. The van der Waals surface area contributed by atoms with Crippen molar-refractivity contribution in [3.05, 3.63) is 56.7 Å². The van der Waals surface area contributed by atoms with Gasteiger partial charge in [-0.3, -0.25) is 14.2 Å². The Morgan fingerprint density at radius 3 is 2.70 bits per heavy atom. The molecule has 30 heavy (non-hydrogen) atoms. The molecule has 4 rings (SSSR count). The number of aromatic nitrogens is 2. The topological polar surface area (TPSA) is 64.0 Å². The van der Waals surface area contributed by atoms with Gasteiger partial charge in [-0.1, -0.05) is 55.4 Å². The highest BCUT2D eigenvalue weighted by Gasteiger charge is 2.30. The van der Waals surface area contributed by atoms with Gasteiger partial charge in [0.25, 0.3) is 5.56 Å². The molecule has 0 aliphatic heterocycles. The van der Waals surface area contributed by atoms with Crippen molar-refractivity contribution in [1.82, 2.24) is 14.9 Å². The van der Waals surface area contributed by atoms with Gasteiger partial charge in [0.1, 0.15) is 10.1 Å². The molecule has 2 heterocycles. The number of carbonyl (C=O) groups is 1. The van der Waals surface area contributed by atoms with Crippen LogP contribution in [0.4, 0.5) is 0 Å². The van der Waals surface area contributed by atoms with Gasteiger partial charge < -0.3 is 5.32 Å². The fraction of sp³-hybridized carbons (Fsp3) is 0.435. The molecule has 1 fully saturated rings. The van der Waals surface area contributed by atoms with Gasteiger partial charge in [0.05, 0.1) is 5.39 Å². The predicted octanol–water partition coefficient (Wildman–Crippen LogP) is 4.99. The summed E-state index contributed by atoms with van der Waals surface area (Å²) >= 11 is 2.94. The molecule has 1 aromatic carbocycles. The number of thioether (sulfide) groups is 1. The van der Waals surface area contributed by atoms with Crippen LogP contribution in [-0.2, 0) is 11.3 Å². The van der Waals surface area contributed by atoms with Crippen molar-refractivity contribution in [3.8, 4) is 0 Å². The average Bonchev–Trinajstić information content (AvgIpc) is 3.50. The first-order valence-corrected chi connectivity index (χ1v) is 12.2.